The molecule has 20 heavy (non-hydrogen) atoms. The molecule has 6 heteroatoms. The van der Waals surface area contributed by atoms with Crippen molar-refractivity contribution in [2.75, 3.05) is 0 Å². The maximum atomic E-state index is 11.3. The third-order valence-electron chi connectivity index (χ3n) is 2.62. The summed E-state index contributed by atoms with van der Waals surface area (Å²) >= 11 is 0. The van der Waals surface area contributed by atoms with Crippen LogP contribution in [0.3, 0.4) is 0 Å². The second-order valence-electron chi connectivity index (χ2n) is 3.99. The first-order valence-electron chi connectivity index (χ1n) is 5.79. The average Bonchev–Trinajstić information content (AvgIpc) is 2.48. The van der Waals surface area contributed by atoms with E-state index in [0.717, 1.165) is 0 Å². The highest BCUT2D eigenvalue weighted by molar-refractivity contribution is 5.94. The normalized spacial score (nSPS) is 9.85. The predicted molar refractivity (Wildman–Crippen MR) is 73.1 cm³/mol. The van der Waals surface area contributed by atoms with Gasteiger partial charge in [0.25, 0.3) is 5.91 Å². The van der Waals surface area contributed by atoms with Crippen molar-refractivity contribution in [1.82, 2.24) is 5.43 Å². The number of amides is 2. The van der Waals surface area contributed by atoms with Crippen molar-refractivity contribution in [3.8, 4) is 11.5 Å². The lowest BCUT2D eigenvalue weighted by Crippen LogP contribution is -2.29. The van der Waals surface area contributed by atoms with Gasteiger partial charge in [-0.15, -0.1) is 0 Å². The fraction of sp³-hybridized carbons (Fsp3) is 0. The van der Waals surface area contributed by atoms with E-state index < -0.39 is 5.91 Å². The highest BCUT2D eigenvalue weighted by Crippen LogP contribution is 2.22. The Morgan fingerprint density at radius 1 is 0.850 bits per heavy atom. The van der Waals surface area contributed by atoms with Crippen LogP contribution in [-0.4, -0.2) is 11.8 Å². The number of rotatable bonds is 4. The molecule has 0 fully saturated rings. The lowest BCUT2D eigenvalue weighted by molar-refractivity contribution is 0.0952. The van der Waals surface area contributed by atoms with E-state index in [1.165, 1.54) is 0 Å². The summed E-state index contributed by atoms with van der Waals surface area (Å²) in [5, 5.41) is 0. The van der Waals surface area contributed by atoms with Gasteiger partial charge in [0.15, 0.2) is 0 Å². The second kappa shape index (κ2) is 5.85. The number of carbonyl (C=O) groups excluding carboxylic acids is 2. The molecule has 0 bridgehead atoms. The summed E-state index contributed by atoms with van der Waals surface area (Å²) in [6.45, 7) is 0. The lowest BCUT2D eigenvalue weighted by atomic mass is 10.2. The molecule has 0 aromatic heterocycles. The van der Waals surface area contributed by atoms with Crippen LogP contribution in [0.2, 0.25) is 0 Å². The molecule has 0 spiro atoms. The smallest absolute Gasteiger partial charge is 0.265 e. The molecule has 0 saturated carbocycles. The molecule has 0 radical (unpaired) electrons. The molecular weight excluding hydrogens is 258 g/mol. The highest BCUT2D eigenvalue weighted by atomic mass is 16.5. The topological polar surface area (TPSA) is 107 Å². The Hall–Kier alpha value is -2.86. The van der Waals surface area contributed by atoms with Crippen molar-refractivity contribution in [3.63, 3.8) is 0 Å². The molecule has 0 heterocycles. The van der Waals surface area contributed by atoms with Crippen LogP contribution < -0.4 is 21.7 Å². The third-order valence-corrected chi connectivity index (χ3v) is 2.62. The fourth-order valence-electron chi connectivity index (χ4n) is 1.58. The number of nitrogen functional groups attached to an aromatic ring is 1. The van der Waals surface area contributed by atoms with Crippen molar-refractivity contribution in [2.45, 2.75) is 0 Å². The summed E-state index contributed by atoms with van der Waals surface area (Å²) in [4.78, 5) is 22.2. The molecule has 2 aromatic carbocycles. The van der Waals surface area contributed by atoms with Crippen molar-refractivity contribution in [2.24, 2.45) is 11.6 Å². The summed E-state index contributed by atoms with van der Waals surface area (Å²) < 4.78 is 5.57. The van der Waals surface area contributed by atoms with Gasteiger partial charge in [0.05, 0.1) is 0 Å². The zero-order valence-corrected chi connectivity index (χ0v) is 10.5. The highest BCUT2D eigenvalue weighted by Gasteiger charge is 2.04. The lowest BCUT2D eigenvalue weighted by Gasteiger charge is -2.07. The summed E-state index contributed by atoms with van der Waals surface area (Å²) in [6, 6.07) is 12.9. The van der Waals surface area contributed by atoms with E-state index in [1.54, 1.807) is 48.5 Å². The third kappa shape index (κ3) is 3.12. The van der Waals surface area contributed by atoms with Crippen LogP contribution in [0.25, 0.3) is 0 Å². The minimum Gasteiger partial charge on any atom is -0.457 e. The number of hydrogen-bond donors (Lipinski definition) is 3. The summed E-state index contributed by atoms with van der Waals surface area (Å²) in [7, 11) is 0. The Kier molecular flexibility index (Phi) is 3.97. The maximum absolute atomic E-state index is 11.3. The maximum Gasteiger partial charge on any atom is 0.265 e. The minimum absolute atomic E-state index is 0.373. The largest absolute Gasteiger partial charge is 0.457 e. The fourth-order valence-corrected chi connectivity index (χ4v) is 1.58. The van der Waals surface area contributed by atoms with Crippen LogP contribution in [-0.2, 0) is 0 Å². The van der Waals surface area contributed by atoms with Gasteiger partial charge in [0, 0.05) is 11.1 Å². The number of hydrazine groups is 1. The van der Waals surface area contributed by atoms with Gasteiger partial charge < -0.3 is 10.5 Å². The Balaban J connectivity index is 2.10. The van der Waals surface area contributed by atoms with E-state index in [9.17, 15) is 9.59 Å². The van der Waals surface area contributed by atoms with E-state index in [-0.39, 0.29) is 5.91 Å². The predicted octanol–water partition coefficient (Wildman–Crippen LogP) is 1.18. The molecule has 0 saturated heterocycles. The van der Waals surface area contributed by atoms with Gasteiger partial charge in [-0.3, -0.25) is 15.0 Å². The van der Waals surface area contributed by atoms with Crippen molar-refractivity contribution >= 4 is 11.8 Å². The summed E-state index contributed by atoms with van der Waals surface area (Å²) in [5.41, 5.74) is 8.03. The second-order valence-corrected chi connectivity index (χ2v) is 3.99. The molecule has 2 aromatic rings. The van der Waals surface area contributed by atoms with Crippen molar-refractivity contribution in [1.29, 1.82) is 0 Å². The molecular formula is C14H13N3O3. The molecule has 0 aliphatic carbocycles. The SMILES string of the molecule is NNC(=O)c1ccc(Oc2ccc(C(N)=O)cc2)cc1. The van der Waals surface area contributed by atoms with E-state index in [2.05, 4.69) is 0 Å². The van der Waals surface area contributed by atoms with Gasteiger partial charge in [-0.2, -0.15) is 0 Å². The van der Waals surface area contributed by atoms with E-state index in [0.29, 0.717) is 22.6 Å². The van der Waals surface area contributed by atoms with Gasteiger partial charge >= 0.3 is 0 Å². The number of hydrogen-bond acceptors (Lipinski definition) is 4. The number of benzene rings is 2. The molecule has 5 N–H and O–H groups in total. The van der Waals surface area contributed by atoms with Gasteiger partial charge in [0.1, 0.15) is 11.5 Å². The Bertz CT molecular complexity index is 621. The molecule has 0 unspecified atom stereocenters. The van der Waals surface area contributed by atoms with Crippen LogP contribution in [0.15, 0.2) is 48.5 Å². The van der Waals surface area contributed by atoms with Gasteiger partial charge in [-0.25, -0.2) is 5.84 Å². The number of ether oxygens (including phenoxy) is 1. The first kappa shape index (κ1) is 13.6. The molecule has 0 aliphatic rings. The Morgan fingerprint density at radius 3 is 1.70 bits per heavy atom. The van der Waals surface area contributed by atoms with Crippen molar-refractivity contribution < 1.29 is 14.3 Å². The van der Waals surface area contributed by atoms with E-state index in [4.69, 9.17) is 16.3 Å². The van der Waals surface area contributed by atoms with E-state index >= 15 is 0 Å². The molecule has 0 aliphatic heterocycles. The Labute approximate surface area is 115 Å². The number of primary amides is 1. The van der Waals surface area contributed by atoms with Crippen LogP contribution in [0.5, 0.6) is 11.5 Å². The van der Waals surface area contributed by atoms with Gasteiger partial charge in [-0.1, -0.05) is 0 Å². The first-order valence-corrected chi connectivity index (χ1v) is 5.79. The molecule has 6 nitrogen and oxygen atoms in total. The number of carbonyl (C=O) groups is 2. The average molecular weight is 271 g/mol. The zero-order valence-electron chi connectivity index (χ0n) is 10.5. The zero-order chi connectivity index (χ0) is 14.5. The van der Waals surface area contributed by atoms with Crippen LogP contribution in [0, 0.1) is 0 Å². The molecule has 0 atom stereocenters. The summed E-state index contributed by atoms with van der Waals surface area (Å²) in [5.74, 6) is 5.29. The number of nitrogens with one attached hydrogen (secondary N) is 1. The van der Waals surface area contributed by atoms with Crippen molar-refractivity contribution in [3.05, 3.63) is 59.7 Å². The van der Waals surface area contributed by atoms with Gasteiger partial charge in [-0.05, 0) is 48.5 Å². The van der Waals surface area contributed by atoms with Crippen LogP contribution >= 0.6 is 0 Å². The quantitative estimate of drug-likeness (QED) is 0.441. The van der Waals surface area contributed by atoms with Crippen LogP contribution in [0.4, 0.5) is 0 Å². The Morgan fingerprint density at radius 2 is 1.30 bits per heavy atom. The summed E-state index contributed by atoms with van der Waals surface area (Å²) in [6.07, 6.45) is 0. The standard InChI is InChI=1S/C14H13N3O3/c15-13(18)9-1-5-11(6-2-9)20-12-7-3-10(4-8-12)14(19)17-16/h1-8H,16H2,(H2,15,18)(H,17,19). The van der Waals surface area contributed by atoms with E-state index in [1.807, 2.05) is 5.43 Å². The molecule has 2 rings (SSSR count). The molecule has 102 valence electrons. The van der Waals surface area contributed by atoms with Gasteiger partial charge in [0.2, 0.25) is 5.91 Å². The van der Waals surface area contributed by atoms with Crippen LogP contribution in [0.1, 0.15) is 20.7 Å². The number of nitrogens with two attached hydrogens (primary N) is 2. The minimum atomic E-state index is -0.492. The first-order chi connectivity index (χ1) is 9.60. The monoisotopic (exact) mass is 271 g/mol. The molecule has 2 amide bonds.